The normalized spacial score (nSPS) is 17.2. The lowest BCUT2D eigenvalue weighted by Crippen LogP contribution is -2.49. The number of hydrogen-bond acceptors (Lipinski definition) is 4. The minimum atomic E-state index is -3.66. The molecule has 6 nitrogen and oxygen atoms in total. The van der Waals surface area contributed by atoms with Gasteiger partial charge >= 0.3 is 0 Å². The van der Waals surface area contributed by atoms with E-state index >= 15 is 0 Å². The summed E-state index contributed by atoms with van der Waals surface area (Å²) in [5, 5.41) is 2.56. The molecule has 1 heterocycles. The van der Waals surface area contributed by atoms with Crippen molar-refractivity contribution in [1.29, 1.82) is 0 Å². The van der Waals surface area contributed by atoms with Crippen LogP contribution in [0.25, 0.3) is 0 Å². The Morgan fingerprint density at radius 3 is 2.44 bits per heavy atom. The molecule has 1 aliphatic rings. The monoisotopic (exact) mass is 268 g/mol. The summed E-state index contributed by atoms with van der Waals surface area (Å²) in [5.41, 5.74) is 0.408. The molecule has 1 saturated heterocycles. The van der Waals surface area contributed by atoms with Crippen molar-refractivity contribution >= 4 is 22.2 Å². The second kappa shape index (κ2) is 4.87. The SMILES string of the molecule is O=Cc1ccc(S(=O)(=O)N2CCNC(=O)C2)cc1. The number of amides is 1. The highest BCUT2D eigenvalue weighted by molar-refractivity contribution is 7.89. The van der Waals surface area contributed by atoms with E-state index in [9.17, 15) is 18.0 Å². The third kappa shape index (κ3) is 2.41. The van der Waals surface area contributed by atoms with Crippen LogP contribution in [0.3, 0.4) is 0 Å². The third-order valence-corrected chi connectivity index (χ3v) is 4.52. The number of sulfonamides is 1. The van der Waals surface area contributed by atoms with Crippen molar-refractivity contribution in [3.8, 4) is 0 Å². The fourth-order valence-electron chi connectivity index (χ4n) is 1.69. The lowest BCUT2D eigenvalue weighted by molar-refractivity contribution is -0.122. The van der Waals surface area contributed by atoms with Gasteiger partial charge in [0.1, 0.15) is 6.29 Å². The maximum atomic E-state index is 12.2. The molecule has 0 aliphatic carbocycles. The van der Waals surface area contributed by atoms with Gasteiger partial charge in [-0.05, 0) is 12.1 Å². The van der Waals surface area contributed by atoms with Gasteiger partial charge in [-0.25, -0.2) is 8.42 Å². The number of nitrogens with one attached hydrogen (secondary N) is 1. The standard InChI is InChI=1S/C11H12N2O4S/c14-8-9-1-3-10(4-2-9)18(16,17)13-6-5-12-11(15)7-13/h1-4,8H,5-7H2,(H,12,15). The van der Waals surface area contributed by atoms with E-state index in [-0.39, 0.29) is 23.9 Å². The van der Waals surface area contributed by atoms with Crippen LogP contribution in [0.15, 0.2) is 29.2 Å². The van der Waals surface area contributed by atoms with Crippen LogP contribution in [0.2, 0.25) is 0 Å². The van der Waals surface area contributed by atoms with E-state index in [0.717, 1.165) is 4.31 Å². The van der Waals surface area contributed by atoms with Crippen LogP contribution in [0.1, 0.15) is 10.4 Å². The Morgan fingerprint density at radius 1 is 1.22 bits per heavy atom. The topological polar surface area (TPSA) is 83.6 Å². The minimum absolute atomic E-state index is 0.0859. The summed E-state index contributed by atoms with van der Waals surface area (Å²) in [6.45, 7) is 0.395. The van der Waals surface area contributed by atoms with E-state index in [0.29, 0.717) is 18.4 Å². The van der Waals surface area contributed by atoms with Crippen molar-refractivity contribution in [2.24, 2.45) is 0 Å². The van der Waals surface area contributed by atoms with Crippen LogP contribution in [0.4, 0.5) is 0 Å². The van der Waals surface area contributed by atoms with Crippen molar-refractivity contribution in [3.63, 3.8) is 0 Å². The van der Waals surface area contributed by atoms with Crippen molar-refractivity contribution in [2.75, 3.05) is 19.6 Å². The van der Waals surface area contributed by atoms with E-state index < -0.39 is 10.0 Å². The summed E-state index contributed by atoms with van der Waals surface area (Å²) in [6, 6.07) is 5.60. The lowest BCUT2D eigenvalue weighted by atomic mass is 10.2. The molecule has 0 saturated carbocycles. The molecule has 7 heteroatoms. The summed E-state index contributed by atoms with van der Waals surface area (Å²) in [4.78, 5) is 21.8. The van der Waals surface area contributed by atoms with Crippen molar-refractivity contribution < 1.29 is 18.0 Å². The molecule has 1 aliphatic heterocycles. The zero-order valence-corrected chi connectivity index (χ0v) is 10.3. The van der Waals surface area contributed by atoms with Gasteiger partial charge < -0.3 is 5.32 Å². The molecule has 0 aromatic heterocycles. The number of benzene rings is 1. The van der Waals surface area contributed by atoms with Gasteiger partial charge in [-0.15, -0.1) is 0 Å². The largest absolute Gasteiger partial charge is 0.354 e. The Kier molecular flexibility index (Phi) is 3.44. The fraction of sp³-hybridized carbons (Fsp3) is 0.273. The molecular formula is C11H12N2O4S. The Hall–Kier alpha value is -1.73. The summed E-state index contributed by atoms with van der Waals surface area (Å²) in [7, 11) is -3.66. The first kappa shape index (κ1) is 12.7. The van der Waals surface area contributed by atoms with Crippen molar-refractivity contribution in [2.45, 2.75) is 4.90 Å². The second-order valence-electron chi connectivity index (χ2n) is 3.88. The predicted octanol–water partition coefficient (Wildman–Crippen LogP) is -0.380. The van der Waals surface area contributed by atoms with Gasteiger partial charge in [0.25, 0.3) is 0 Å². The van der Waals surface area contributed by atoms with Gasteiger partial charge in [0, 0.05) is 18.7 Å². The molecule has 1 fully saturated rings. The fourth-order valence-corrected chi connectivity index (χ4v) is 3.08. The molecule has 1 aromatic carbocycles. The molecule has 0 atom stereocenters. The maximum Gasteiger partial charge on any atom is 0.243 e. The van der Waals surface area contributed by atoms with Crippen LogP contribution in [-0.2, 0) is 14.8 Å². The quantitative estimate of drug-likeness (QED) is 0.757. The molecule has 0 radical (unpaired) electrons. The Balaban J connectivity index is 2.29. The van der Waals surface area contributed by atoms with Gasteiger partial charge in [0.2, 0.25) is 15.9 Å². The highest BCUT2D eigenvalue weighted by Gasteiger charge is 2.28. The number of carbonyl (C=O) groups excluding carboxylic acids is 2. The molecule has 1 amide bonds. The van der Waals surface area contributed by atoms with E-state index in [4.69, 9.17) is 0 Å². The highest BCUT2D eigenvalue weighted by Crippen LogP contribution is 2.16. The van der Waals surface area contributed by atoms with Gasteiger partial charge in [0.15, 0.2) is 0 Å². The van der Waals surface area contributed by atoms with Crippen LogP contribution < -0.4 is 5.32 Å². The smallest absolute Gasteiger partial charge is 0.243 e. The first-order valence-corrected chi connectivity index (χ1v) is 6.80. The molecule has 96 valence electrons. The number of aldehydes is 1. The predicted molar refractivity (Wildman–Crippen MR) is 63.6 cm³/mol. The van der Waals surface area contributed by atoms with Crippen molar-refractivity contribution in [1.82, 2.24) is 9.62 Å². The second-order valence-corrected chi connectivity index (χ2v) is 5.81. The van der Waals surface area contributed by atoms with Crippen LogP contribution in [0.5, 0.6) is 0 Å². The Morgan fingerprint density at radius 2 is 1.89 bits per heavy atom. The highest BCUT2D eigenvalue weighted by atomic mass is 32.2. The summed E-state index contributed by atoms with van der Waals surface area (Å²) >= 11 is 0. The van der Waals surface area contributed by atoms with Crippen molar-refractivity contribution in [3.05, 3.63) is 29.8 Å². The van der Waals surface area contributed by atoms with Crippen LogP contribution >= 0.6 is 0 Å². The summed E-state index contributed by atoms with van der Waals surface area (Å²) in [6.07, 6.45) is 0.644. The molecule has 1 aromatic rings. The van der Waals surface area contributed by atoms with E-state index in [2.05, 4.69) is 5.32 Å². The molecule has 1 N–H and O–H groups in total. The number of carbonyl (C=O) groups is 2. The van der Waals surface area contributed by atoms with Crippen LogP contribution in [-0.4, -0.2) is 44.6 Å². The minimum Gasteiger partial charge on any atom is -0.354 e. The van der Waals surface area contributed by atoms with E-state index in [1.807, 2.05) is 0 Å². The molecule has 0 spiro atoms. The summed E-state index contributed by atoms with van der Waals surface area (Å²) in [5.74, 6) is -0.311. The average Bonchev–Trinajstić information content (AvgIpc) is 2.39. The Labute approximate surface area is 105 Å². The van der Waals surface area contributed by atoms with Gasteiger partial charge in [-0.1, -0.05) is 12.1 Å². The Bertz CT molecular complexity index is 565. The number of rotatable bonds is 3. The zero-order chi connectivity index (χ0) is 13.2. The zero-order valence-electron chi connectivity index (χ0n) is 9.50. The number of hydrogen-bond donors (Lipinski definition) is 1. The van der Waals surface area contributed by atoms with Gasteiger partial charge in [0.05, 0.1) is 11.4 Å². The van der Waals surface area contributed by atoms with E-state index in [1.165, 1.54) is 24.3 Å². The van der Waals surface area contributed by atoms with Gasteiger partial charge in [-0.3, -0.25) is 9.59 Å². The molecule has 0 unspecified atom stereocenters. The third-order valence-electron chi connectivity index (χ3n) is 2.66. The molecule has 2 rings (SSSR count). The van der Waals surface area contributed by atoms with E-state index in [1.54, 1.807) is 0 Å². The number of nitrogens with zero attached hydrogens (tertiary/aromatic N) is 1. The summed E-state index contributed by atoms with van der Waals surface area (Å²) < 4.78 is 25.5. The van der Waals surface area contributed by atoms with Crippen LogP contribution in [0, 0.1) is 0 Å². The molecule has 0 bridgehead atoms. The first-order valence-electron chi connectivity index (χ1n) is 5.36. The lowest BCUT2D eigenvalue weighted by Gasteiger charge is -2.25. The number of piperazine rings is 1. The first-order chi connectivity index (χ1) is 8.54. The van der Waals surface area contributed by atoms with Gasteiger partial charge in [-0.2, -0.15) is 4.31 Å². The molecule has 18 heavy (non-hydrogen) atoms. The maximum absolute atomic E-state index is 12.2. The molecular weight excluding hydrogens is 256 g/mol. The average molecular weight is 268 g/mol.